The van der Waals surface area contributed by atoms with Crippen LogP contribution in [0.15, 0.2) is 82.2 Å². The Kier molecular flexibility index (Phi) is 4.06. The number of hydrogen-bond acceptors (Lipinski definition) is 4. The monoisotopic (exact) mass is 313 g/mol. The Morgan fingerprint density at radius 2 is 1.64 bits per heavy atom. The van der Waals surface area contributed by atoms with Crippen molar-refractivity contribution in [2.24, 2.45) is 5.16 Å². The van der Waals surface area contributed by atoms with Gasteiger partial charge in [-0.3, -0.25) is 0 Å². The molecule has 3 rings (SSSR count). The predicted molar refractivity (Wildman–Crippen MR) is 85.2 cm³/mol. The van der Waals surface area contributed by atoms with E-state index in [4.69, 9.17) is 4.84 Å². The van der Waals surface area contributed by atoms with Crippen molar-refractivity contribution >= 4 is 15.5 Å². The molecule has 0 saturated carbocycles. The van der Waals surface area contributed by atoms with E-state index in [2.05, 4.69) is 5.16 Å². The normalized spacial score (nSPS) is 18.2. The molecular formula is C17H15NO3S. The molecule has 1 aliphatic rings. The molecule has 22 heavy (non-hydrogen) atoms. The fourth-order valence-corrected chi connectivity index (χ4v) is 3.26. The molecule has 112 valence electrons. The van der Waals surface area contributed by atoms with Gasteiger partial charge in [-0.2, -0.15) is 0 Å². The zero-order valence-electron chi connectivity index (χ0n) is 11.8. The van der Waals surface area contributed by atoms with Crippen molar-refractivity contribution in [1.29, 1.82) is 0 Å². The molecule has 0 saturated heterocycles. The summed E-state index contributed by atoms with van der Waals surface area (Å²) in [6.07, 6.45) is 1.75. The maximum atomic E-state index is 12.2. The van der Waals surface area contributed by atoms with Crippen LogP contribution < -0.4 is 0 Å². The van der Waals surface area contributed by atoms with Crippen LogP contribution in [-0.4, -0.2) is 20.2 Å². The van der Waals surface area contributed by atoms with E-state index >= 15 is 0 Å². The second kappa shape index (κ2) is 6.15. The maximum Gasteiger partial charge on any atom is 0.199 e. The van der Waals surface area contributed by atoms with Crippen LogP contribution in [-0.2, 0) is 14.7 Å². The van der Waals surface area contributed by atoms with Crippen LogP contribution in [0.25, 0.3) is 0 Å². The smallest absolute Gasteiger partial charge is 0.199 e. The van der Waals surface area contributed by atoms with Crippen molar-refractivity contribution in [2.75, 3.05) is 0 Å². The highest BCUT2D eigenvalue weighted by Gasteiger charge is 2.20. The SMILES string of the molecule is O=S(=O)(/C=C/C1CC(c2ccccc2)=NO1)c1ccccc1. The highest BCUT2D eigenvalue weighted by Crippen LogP contribution is 2.19. The molecule has 0 N–H and O–H groups in total. The van der Waals surface area contributed by atoms with E-state index < -0.39 is 9.84 Å². The zero-order chi connectivity index (χ0) is 15.4. The number of nitrogens with zero attached hydrogens (tertiary/aromatic N) is 1. The number of sulfone groups is 1. The summed E-state index contributed by atoms with van der Waals surface area (Å²) in [5, 5.41) is 5.22. The Balaban J connectivity index is 1.69. The largest absolute Gasteiger partial charge is 0.388 e. The highest BCUT2D eigenvalue weighted by molar-refractivity contribution is 7.94. The first-order valence-corrected chi connectivity index (χ1v) is 8.46. The molecule has 1 unspecified atom stereocenters. The van der Waals surface area contributed by atoms with E-state index in [0.29, 0.717) is 6.42 Å². The maximum absolute atomic E-state index is 12.2. The summed E-state index contributed by atoms with van der Waals surface area (Å²) in [6.45, 7) is 0. The Hall–Kier alpha value is -2.40. The average molecular weight is 313 g/mol. The van der Waals surface area contributed by atoms with Gasteiger partial charge < -0.3 is 4.84 Å². The first-order valence-electron chi connectivity index (χ1n) is 6.91. The number of hydrogen-bond donors (Lipinski definition) is 0. The topological polar surface area (TPSA) is 55.7 Å². The summed E-state index contributed by atoms with van der Waals surface area (Å²) in [5.74, 6) is 0. The molecule has 0 radical (unpaired) electrons. The number of benzene rings is 2. The lowest BCUT2D eigenvalue weighted by atomic mass is 10.1. The van der Waals surface area contributed by atoms with Gasteiger partial charge in [0.2, 0.25) is 0 Å². The van der Waals surface area contributed by atoms with Crippen molar-refractivity contribution in [3.8, 4) is 0 Å². The quantitative estimate of drug-likeness (QED) is 0.871. The van der Waals surface area contributed by atoms with Crippen LogP contribution in [0.4, 0.5) is 0 Å². The Morgan fingerprint density at radius 3 is 2.32 bits per heavy atom. The van der Waals surface area contributed by atoms with E-state index in [1.54, 1.807) is 36.4 Å². The molecule has 0 spiro atoms. The van der Waals surface area contributed by atoms with Gasteiger partial charge in [0, 0.05) is 11.8 Å². The van der Waals surface area contributed by atoms with Gasteiger partial charge in [-0.25, -0.2) is 8.42 Å². The van der Waals surface area contributed by atoms with Crippen molar-refractivity contribution in [1.82, 2.24) is 0 Å². The average Bonchev–Trinajstić information content (AvgIpc) is 3.04. The van der Waals surface area contributed by atoms with Gasteiger partial charge >= 0.3 is 0 Å². The third-order valence-corrected chi connectivity index (χ3v) is 4.79. The molecule has 2 aromatic rings. The van der Waals surface area contributed by atoms with Gasteiger partial charge in [0.05, 0.1) is 10.6 Å². The standard InChI is InChI=1S/C17H15NO3S/c19-22(20,16-9-5-2-6-10-16)12-11-15-13-17(18-21-15)14-7-3-1-4-8-14/h1-12,15H,13H2/b12-11+. The second-order valence-corrected chi connectivity index (χ2v) is 6.77. The van der Waals surface area contributed by atoms with Crippen molar-refractivity contribution < 1.29 is 13.3 Å². The lowest BCUT2D eigenvalue weighted by Crippen LogP contribution is -2.06. The summed E-state index contributed by atoms with van der Waals surface area (Å²) in [7, 11) is -3.44. The van der Waals surface area contributed by atoms with Crippen LogP contribution in [0.1, 0.15) is 12.0 Å². The fraction of sp³-hybridized carbons (Fsp3) is 0.118. The van der Waals surface area contributed by atoms with Crippen LogP contribution in [0, 0.1) is 0 Å². The minimum atomic E-state index is -3.44. The molecule has 1 aliphatic heterocycles. The summed E-state index contributed by atoms with van der Waals surface area (Å²) >= 11 is 0. The molecular weight excluding hydrogens is 298 g/mol. The molecule has 4 nitrogen and oxygen atoms in total. The Bertz CT molecular complexity index is 796. The predicted octanol–water partition coefficient (Wildman–Crippen LogP) is 3.17. The third kappa shape index (κ3) is 3.26. The minimum Gasteiger partial charge on any atom is -0.388 e. The summed E-state index contributed by atoms with van der Waals surface area (Å²) in [6, 6.07) is 18.0. The molecule has 0 amide bonds. The fourth-order valence-electron chi connectivity index (χ4n) is 2.18. The van der Waals surface area contributed by atoms with Crippen LogP contribution in [0.5, 0.6) is 0 Å². The summed E-state index contributed by atoms with van der Waals surface area (Å²) in [5.41, 5.74) is 1.82. The highest BCUT2D eigenvalue weighted by atomic mass is 32.2. The van der Waals surface area contributed by atoms with Gasteiger partial charge in [0.25, 0.3) is 0 Å². The van der Waals surface area contributed by atoms with Gasteiger partial charge in [-0.05, 0) is 23.8 Å². The van der Waals surface area contributed by atoms with Gasteiger partial charge in [0.15, 0.2) is 15.9 Å². The molecule has 1 atom stereocenters. The molecule has 0 aromatic heterocycles. The van der Waals surface area contributed by atoms with Crippen LogP contribution in [0.2, 0.25) is 0 Å². The zero-order valence-corrected chi connectivity index (χ0v) is 12.6. The van der Waals surface area contributed by atoms with Crippen molar-refractivity contribution in [3.63, 3.8) is 0 Å². The number of oxime groups is 1. The van der Waals surface area contributed by atoms with E-state index in [0.717, 1.165) is 11.3 Å². The van der Waals surface area contributed by atoms with Crippen LogP contribution in [0.3, 0.4) is 0 Å². The Morgan fingerprint density at radius 1 is 1.00 bits per heavy atom. The van der Waals surface area contributed by atoms with Crippen LogP contribution >= 0.6 is 0 Å². The molecule has 2 aromatic carbocycles. The van der Waals surface area contributed by atoms with E-state index in [9.17, 15) is 8.42 Å². The first-order chi connectivity index (χ1) is 10.6. The van der Waals surface area contributed by atoms with Crippen molar-refractivity contribution in [3.05, 3.63) is 77.7 Å². The van der Waals surface area contributed by atoms with E-state index in [1.165, 1.54) is 5.41 Å². The lowest BCUT2D eigenvalue weighted by molar-refractivity contribution is 0.120. The molecule has 0 aliphatic carbocycles. The van der Waals surface area contributed by atoms with E-state index in [1.807, 2.05) is 30.3 Å². The molecule has 5 heteroatoms. The van der Waals surface area contributed by atoms with Gasteiger partial charge in [0.1, 0.15) is 0 Å². The second-order valence-electron chi connectivity index (χ2n) is 4.94. The Labute approximate surface area is 129 Å². The first kappa shape index (κ1) is 14.5. The summed E-state index contributed by atoms with van der Waals surface area (Å²) < 4.78 is 24.3. The van der Waals surface area contributed by atoms with E-state index in [-0.39, 0.29) is 11.0 Å². The molecule has 0 bridgehead atoms. The molecule has 0 fully saturated rings. The minimum absolute atomic E-state index is 0.272. The molecule has 1 heterocycles. The number of rotatable bonds is 4. The van der Waals surface area contributed by atoms with Gasteiger partial charge in [-0.15, -0.1) is 0 Å². The lowest BCUT2D eigenvalue weighted by Gasteiger charge is -2.02. The van der Waals surface area contributed by atoms with Gasteiger partial charge in [-0.1, -0.05) is 53.7 Å². The third-order valence-electron chi connectivity index (χ3n) is 3.34. The summed E-state index contributed by atoms with van der Waals surface area (Å²) in [4.78, 5) is 5.56. The van der Waals surface area contributed by atoms with Crippen molar-refractivity contribution in [2.45, 2.75) is 17.4 Å².